The third-order valence-electron chi connectivity index (χ3n) is 2.54. The largest absolute Gasteiger partial charge is 0.497 e. The van der Waals surface area contributed by atoms with Gasteiger partial charge < -0.3 is 9.47 Å². The number of hydrazine groups is 1. The molecule has 1 aromatic carbocycles. The first kappa shape index (κ1) is 13.0. The molecule has 3 N–H and O–H groups in total. The smallest absolute Gasteiger partial charge is 0.119 e. The molecule has 0 fully saturated rings. The van der Waals surface area contributed by atoms with Gasteiger partial charge in [0.25, 0.3) is 0 Å². The predicted octanol–water partition coefficient (Wildman–Crippen LogP) is 1.63. The molecule has 0 aliphatic rings. The summed E-state index contributed by atoms with van der Waals surface area (Å²) in [5, 5.41) is 0. The summed E-state index contributed by atoms with van der Waals surface area (Å²) in [5.41, 5.74) is 3.95. The van der Waals surface area contributed by atoms with Gasteiger partial charge in [-0.2, -0.15) is 0 Å². The molecule has 0 saturated carbocycles. The number of benzene rings is 1. The SMILES string of the molecule is COCCCC(NN)c1cccc(OC)c1. The quantitative estimate of drug-likeness (QED) is 0.420. The molecule has 0 aliphatic heterocycles. The molecule has 0 aromatic heterocycles. The van der Waals surface area contributed by atoms with Crippen molar-refractivity contribution < 1.29 is 9.47 Å². The Bertz CT molecular complexity index is 305. The summed E-state index contributed by atoms with van der Waals surface area (Å²) in [6.45, 7) is 0.752. The van der Waals surface area contributed by atoms with Crippen molar-refractivity contribution in [2.75, 3.05) is 20.8 Å². The fourth-order valence-electron chi connectivity index (χ4n) is 1.64. The van der Waals surface area contributed by atoms with Gasteiger partial charge in [-0.15, -0.1) is 0 Å². The molecule has 0 saturated heterocycles. The molecule has 0 aliphatic carbocycles. The summed E-state index contributed by atoms with van der Waals surface area (Å²) in [6.07, 6.45) is 1.92. The van der Waals surface area contributed by atoms with Crippen molar-refractivity contribution in [2.45, 2.75) is 18.9 Å². The van der Waals surface area contributed by atoms with Crippen LogP contribution in [0.4, 0.5) is 0 Å². The van der Waals surface area contributed by atoms with E-state index in [1.54, 1.807) is 14.2 Å². The van der Waals surface area contributed by atoms with E-state index in [9.17, 15) is 0 Å². The number of nitrogens with two attached hydrogens (primary N) is 1. The second-order valence-corrected chi connectivity index (χ2v) is 3.63. The lowest BCUT2D eigenvalue weighted by Crippen LogP contribution is -2.28. The molecule has 16 heavy (non-hydrogen) atoms. The molecule has 0 heterocycles. The van der Waals surface area contributed by atoms with E-state index in [-0.39, 0.29) is 6.04 Å². The first-order chi connectivity index (χ1) is 7.81. The molecule has 1 atom stereocenters. The Morgan fingerprint density at radius 1 is 1.38 bits per heavy atom. The zero-order chi connectivity index (χ0) is 11.8. The Hall–Kier alpha value is -1.10. The molecule has 0 bridgehead atoms. The lowest BCUT2D eigenvalue weighted by atomic mass is 10.0. The van der Waals surface area contributed by atoms with Gasteiger partial charge in [0, 0.05) is 19.8 Å². The van der Waals surface area contributed by atoms with E-state index < -0.39 is 0 Å². The highest BCUT2D eigenvalue weighted by atomic mass is 16.5. The first-order valence-electron chi connectivity index (χ1n) is 5.40. The highest BCUT2D eigenvalue weighted by molar-refractivity contribution is 5.30. The monoisotopic (exact) mass is 224 g/mol. The normalized spacial score (nSPS) is 12.4. The average Bonchev–Trinajstić information content (AvgIpc) is 2.35. The van der Waals surface area contributed by atoms with Gasteiger partial charge in [-0.25, -0.2) is 0 Å². The van der Waals surface area contributed by atoms with Gasteiger partial charge in [0.05, 0.1) is 7.11 Å². The van der Waals surface area contributed by atoms with Crippen molar-refractivity contribution in [3.05, 3.63) is 29.8 Å². The fourth-order valence-corrected chi connectivity index (χ4v) is 1.64. The number of hydrogen-bond acceptors (Lipinski definition) is 4. The van der Waals surface area contributed by atoms with Crippen LogP contribution in [0.5, 0.6) is 5.75 Å². The summed E-state index contributed by atoms with van der Waals surface area (Å²) in [4.78, 5) is 0. The Morgan fingerprint density at radius 3 is 2.81 bits per heavy atom. The third-order valence-corrected chi connectivity index (χ3v) is 2.54. The lowest BCUT2D eigenvalue weighted by molar-refractivity contribution is 0.189. The second-order valence-electron chi connectivity index (χ2n) is 3.63. The Balaban J connectivity index is 2.62. The summed E-state index contributed by atoms with van der Waals surface area (Å²) in [6, 6.07) is 8.07. The van der Waals surface area contributed by atoms with Crippen LogP contribution in [-0.4, -0.2) is 20.8 Å². The van der Waals surface area contributed by atoms with Crippen LogP contribution >= 0.6 is 0 Å². The van der Waals surface area contributed by atoms with Crippen LogP contribution in [0.2, 0.25) is 0 Å². The topological polar surface area (TPSA) is 56.5 Å². The highest BCUT2D eigenvalue weighted by Crippen LogP contribution is 2.21. The van der Waals surface area contributed by atoms with Crippen molar-refractivity contribution in [1.29, 1.82) is 0 Å². The van der Waals surface area contributed by atoms with Gasteiger partial charge in [-0.05, 0) is 30.5 Å². The maximum Gasteiger partial charge on any atom is 0.119 e. The van der Waals surface area contributed by atoms with Gasteiger partial charge in [-0.3, -0.25) is 11.3 Å². The number of methoxy groups -OCH3 is 2. The number of ether oxygens (including phenoxy) is 2. The van der Waals surface area contributed by atoms with Crippen molar-refractivity contribution in [1.82, 2.24) is 5.43 Å². The zero-order valence-corrected chi connectivity index (χ0v) is 9.90. The van der Waals surface area contributed by atoms with E-state index in [0.717, 1.165) is 30.8 Å². The van der Waals surface area contributed by atoms with E-state index in [1.165, 1.54) is 0 Å². The Kier molecular flexibility index (Phi) is 5.85. The minimum absolute atomic E-state index is 0.144. The summed E-state index contributed by atoms with van der Waals surface area (Å²) in [7, 11) is 3.37. The van der Waals surface area contributed by atoms with Gasteiger partial charge in [0.2, 0.25) is 0 Å². The molecule has 90 valence electrons. The maximum absolute atomic E-state index is 5.55. The number of nitrogens with one attached hydrogen (secondary N) is 1. The average molecular weight is 224 g/mol. The number of hydrogen-bond donors (Lipinski definition) is 2. The van der Waals surface area contributed by atoms with Crippen LogP contribution in [0, 0.1) is 0 Å². The van der Waals surface area contributed by atoms with E-state index >= 15 is 0 Å². The Morgan fingerprint density at radius 2 is 2.19 bits per heavy atom. The van der Waals surface area contributed by atoms with Crippen molar-refractivity contribution in [3.8, 4) is 5.75 Å². The summed E-state index contributed by atoms with van der Waals surface area (Å²) >= 11 is 0. The molecule has 1 aromatic rings. The molecular formula is C12H20N2O2. The second kappa shape index (κ2) is 7.22. The molecule has 0 radical (unpaired) electrons. The van der Waals surface area contributed by atoms with Crippen molar-refractivity contribution >= 4 is 0 Å². The predicted molar refractivity (Wildman–Crippen MR) is 64.2 cm³/mol. The van der Waals surface area contributed by atoms with Gasteiger partial charge in [-0.1, -0.05) is 12.1 Å². The summed E-state index contributed by atoms with van der Waals surface area (Å²) < 4.78 is 10.2. The molecule has 1 rings (SSSR count). The zero-order valence-electron chi connectivity index (χ0n) is 9.90. The van der Waals surface area contributed by atoms with Crippen molar-refractivity contribution in [2.24, 2.45) is 5.84 Å². The van der Waals surface area contributed by atoms with Crippen LogP contribution in [0.15, 0.2) is 24.3 Å². The van der Waals surface area contributed by atoms with Gasteiger partial charge in [0.1, 0.15) is 5.75 Å². The molecule has 0 spiro atoms. The van der Waals surface area contributed by atoms with Gasteiger partial charge >= 0.3 is 0 Å². The minimum Gasteiger partial charge on any atom is -0.497 e. The van der Waals surface area contributed by atoms with Crippen LogP contribution in [0.1, 0.15) is 24.4 Å². The first-order valence-corrected chi connectivity index (χ1v) is 5.40. The Labute approximate surface area is 96.7 Å². The summed E-state index contributed by atoms with van der Waals surface area (Å²) in [5.74, 6) is 6.40. The van der Waals surface area contributed by atoms with Crippen LogP contribution < -0.4 is 16.0 Å². The molecule has 1 unspecified atom stereocenters. The van der Waals surface area contributed by atoms with Crippen LogP contribution in [0.3, 0.4) is 0 Å². The molecule has 4 nitrogen and oxygen atoms in total. The van der Waals surface area contributed by atoms with Crippen molar-refractivity contribution in [3.63, 3.8) is 0 Å². The maximum atomic E-state index is 5.55. The molecule has 4 heteroatoms. The van der Waals surface area contributed by atoms with E-state index in [1.807, 2.05) is 24.3 Å². The van der Waals surface area contributed by atoms with E-state index in [0.29, 0.717) is 0 Å². The highest BCUT2D eigenvalue weighted by Gasteiger charge is 2.09. The number of rotatable bonds is 7. The van der Waals surface area contributed by atoms with Gasteiger partial charge in [0.15, 0.2) is 0 Å². The molecular weight excluding hydrogens is 204 g/mol. The van der Waals surface area contributed by atoms with E-state index in [4.69, 9.17) is 15.3 Å². The lowest BCUT2D eigenvalue weighted by Gasteiger charge is -2.16. The molecule has 0 amide bonds. The minimum atomic E-state index is 0.144. The third kappa shape index (κ3) is 3.81. The standard InChI is InChI=1S/C12H20N2O2/c1-15-8-4-7-12(14-13)10-5-3-6-11(9-10)16-2/h3,5-6,9,12,14H,4,7-8,13H2,1-2H3. The fraction of sp³-hybridized carbons (Fsp3) is 0.500. The van der Waals surface area contributed by atoms with E-state index in [2.05, 4.69) is 5.43 Å². The van der Waals surface area contributed by atoms with Crippen LogP contribution in [-0.2, 0) is 4.74 Å². The van der Waals surface area contributed by atoms with Crippen LogP contribution in [0.25, 0.3) is 0 Å².